The minimum Gasteiger partial charge on any atom is -0.469 e. The Bertz CT molecular complexity index is 631. The van der Waals surface area contributed by atoms with Gasteiger partial charge in [-0.05, 0) is 36.3 Å². The molecular weight excluding hydrogens is 376 g/mol. The first-order chi connectivity index (χ1) is 13.3. The second kappa shape index (κ2) is 10.6. The fourth-order valence-corrected chi connectivity index (χ4v) is 4.92. The van der Waals surface area contributed by atoms with Crippen LogP contribution in [0.2, 0.25) is 0 Å². The average molecular weight is 411 g/mol. The van der Waals surface area contributed by atoms with Crippen LogP contribution in [-0.2, 0) is 14.9 Å². The van der Waals surface area contributed by atoms with Gasteiger partial charge in [-0.2, -0.15) is 0 Å². The van der Waals surface area contributed by atoms with E-state index in [9.17, 15) is 15.0 Å². The molecule has 0 bridgehead atoms. The van der Waals surface area contributed by atoms with Crippen LogP contribution in [0.15, 0.2) is 24.3 Å². The summed E-state index contributed by atoms with van der Waals surface area (Å²) in [5, 5.41) is 20.6. The lowest BCUT2D eigenvalue weighted by Gasteiger charge is -2.31. The minimum absolute atomic E-state index is 0.000376. The molecule has 0 aromatic heterocycles. The van der Waals surface area contributed by atoms with Gasteiger partial charge in [-0.25, -0.2) is 0 Å². The molecule has 1 aromatic carbocycles. The number of ether oxygens (including phenoxy) is 1. The second-order valence-corrected chi connectivity index (χ2v) is 9.23. The third kappa shape index (κ3) is 5.71. The topological polar surface area (TPSA) is 66.8 Å². The van der Waals surface area contributed by atoms with Crippen LogP contribution in [0, 0.1) is 5.92 Å². The number of aliphatic hydroxyl groups excluding tert-OH is 2. The van der Waals surface area contributed by atoms with E-state index in [1.54, 1.807) is 0 Å². The van der Waals surface area contributed by atoms with Crippen molar-refractivity contribution < 1.29 is 19.7 Å². The van der Waals surface area contributed by atoms with E-state index >= 15 is 0 Å². The molecule has 0 aliphatic heterocycles. The van der Waals surface area contributed by atoms with E-state index in [1.165, 1.54) is 7.11 Å². The number of hydrogen-bond acceptors (Lipinski definition) is 4. The number of rotatable bonds is 10. The highest BCUT2D eigenvalue weighted by Crippen LogP contribution is 2.47. The smallest absolute Gasteiger partial charge is 0.305 e. The van der Waals surface area contributed by atoms with Crippen LogP contribution < -0.4 is 0 Å². The van der Waals surface area contributed by atoms with E-state index < -0.39 is 6.10 Å². The Balaban J connectivity index is 2.04. The zero-order chi connectivity index (χ0) is 20.7. The summed E-state index contributed by atoms with van der Waals surface area (Å²) in [6, 6.07) is 8.14. The molecule has 0 unspecified atom stereocenters. The Morgan fingerprint density at radius 1 is 1.21 bits per heavy atom. The van der Waals surface area contributed by atoms with E-state index in [2.05, 4.69) is 16.9 Å². The number of esters is 1. The van der Waals surface area contributed by atoms with Crippen molar-refractivity contribution in [1.82, 2.24) is 0 Å². The van der Waals surface area contributed by atoms with Gasteiger partial charge in [0.1, 0.15) is 0 Å². The number of carbonyl (C=O) groups is 1. The summed E-state index contributed by atoms with van der Waals surface area (Å²) in [7, 11) is 1.42. The average Bonchev–Trinajstić information content (AvgIpc) is 2.97. The Morgan fingerprint density at radius 3 is 2.57 bits per heavy atom. The first-order valence-corrected chi connectivity index (χ1v) is 10.8. The second-order valence-electron chi connectivity index (χ2n) is 8.67. The standard InChI is InChI=1S/C23H35ClO4/c1-23(2,15-25)18-12-9-8-10-16(18)22-17(19(24)14-20(22)26)11-6-4-5-7-13-21(27)28-3/h8-10,12,17,19-20,22,25-26H,4-7,11,13-15H2,1-3H3/t17-,19+,20+,22+/m0/s1. The van der Waals surface area contributed by atoms with E-state index in [0.717, 1.165) is 43.2 Å². The lowest BCUT2D eigenvalue weighted by molar-refractivity contribution is -0.140. The molecule has 2 rings (SSSR count). The SMILES string of the molecule is COC(=O)CCCCCC[C@@H]1[C@@H](c2ccccc2C(C)(C)CO)[C@H](O)C[C@H]1Cl. The molecule has 0 amide bonds. The first-order valence-electron chi connectivity index (χ1n) is 10.4. The molecule has 4 atom stereocenters. The third-order valence-electron chi connectivity index (χ3n) is 6.15. The van der Waals surface area contributed by atoms with Crippen LogP contribution >= 0.6 is 11.6 Å². The molecule has 0 heterocycles. The molecule has 0 spiro atoms. The van der Waals surface area contributed by atoms with Crippen LogP contribution in [-0.4, -0.2) is 41.4 Å². The largest absolute Gasteiger partial charge is 0.469 e. The summed E-state index contributed by atoms with van der Waals surface area (Å²) in [6.45, 7) is 4.12. The van der Waals surface area contributed by atoms with Crippen LogP contribution in [0.5, 0.6) is 0 Å². The van der Waals surface area contributed by atoms with Gasteiger partial charge >= 0.3 is 5.97 Å². The van der Waals surface area contributed by atoms with E-state index in [1.807, 2.05) is 26.0 Å². The molecular formula is C23H35ClO4. The zero-order valence-corrected chi connectivity index (χ0v) is 18.1. The highest BCUT2D eigenvalue weighted by atomic mass is 35.5. The van der Waals surface area contributed by atoms with Crippen molar-refractivity contribution in [3.05, 3.63) is 35.4 Å². The van der Waals surface area contributed by atoms with Crippen LogP contribution in [0.4, 0.5) is 0 Å². The van der Waals surface area contributed by atoms with E-state index in [-0.39, 0.29) is 35.2 Å². The molecule has 0 radical (unpaired) electrons. The van der Waals surface area contributed by atoms with Crippen molar-refractivity contribution in [3.63, 3.8) is 0 Å². The predicted octanol–water partition coefficient (Wildman–Crippen LogP) is 4.54. The maximum absolute atomic E-state index is 11.2. The minimum atomic E-state index is -0.456. The van der Waals surface area contributed by atoms with Crippen molar-refractivity contribution in [2.24, 2.45) is 5.92 Å². The lowest BCUT2D eigenvalue weighted by atomic mass is 9.75. The molecule has 0 saturated heterocycles. The lowest BCUT2D eigenvalue weighted by Crippen LogP contribution is -2.28. The summed E-state index contributed by atoms with van der Waals surface area (Å²) in [4.78, 5) is 11.2. The Morgan fingerprint density at radius 2 is 1.89 bits per heavy atom. The van der Waals surface area contributed by atoms with Gasteiger partial charge in [0, 0.05) is 23.1 Å². The monoisotopic (exact) mass is 410 g/mol. The van der Waals surface area contributed by atoms with Crippen molar-refractivity contribution in [2.45, 2.75) is 81.6 Å². The summed E-state index contributed by atoms with van der Waals surface area (Å²) in [5.74, 6) is 0.0652. The summed E-state index contributed by atoms with van der Waals surface area (Å²) < 4.78 is 4.67. The normalized spacial score (nSPS) is 25.1. The van der Waals surface area contributed by atoms with Gasteiger partial charge in [0.05, 0.1) is 19.8 Å². The van der Waals surface area contributed by atoms with E-state index in [0.29, 0.717) is 12.8 Å². The maximum atomic E-state index is 11.2. The number of aliphatic hydroxyl groups is 2. The van der Waals surface area contributed by atoms with Crippen LogP contribution in [0.1, 0.15) is 75.8 Å². The number of unbranched alkanes of at least 4 members (excludes halogenated alkanes) is 3. The molecule has 28 heavy (non-hydrogen) atoms. The fourth-order valence-electron chi connectivity index (χ4n) is 4.45. The van der Waals surface area contributed by atoms with Crippen molar-refractivity contribution >= 4 is 17.6 Å². The number of carbonyl (C=O) groups excluding carboxylic acids is 1. The molecule has 4 nitrogen and oxygen atoms in total. The molecule has 158 valence electrons. The van der Waals surface area contributed by atoms with Gasteiger partial charge in [0.2, 0.25) is 0 Å². The Labute approximate surface area is 174 Å². The molecule has 1 fully saturated rings. The van der Waals surface area contributed by atoms with E-state index in [4.69, 9.17) is 11.6 Å². The summed E-state index contributed by atoms with van der Waals surface area (Å²) in [6.07, 6.45) is 5.51. The van der Waals surface area contributed by atoms with Crippen molar-refractivity contribution in [2.75, 3.05) is 13.7 Å². The van der Waals surface area contributed by atoms with Gasteiger partial charge in [-0.3, -0.25) is 4.79 Å². The predicted molar refractivity (Wildman–Crippen MR) is 113 cm³/mol. The van der Waals surface area contributed by atoms with Gasteiger partial charge in [-0.15, -0.1) is 11.6 Å². The number of alkyl halides is 1. The van der Waals surface area contributed by atoms with Gasteiger partial charge in [-0.1, -0.05) is 57.4 Å². The Hall–Kier alpha value is -1.10. The maximum Gasteiger partial charge on any atom is 0.305 e. The Kier molecular flexibility index (Phi) is 8.79. The van der Waals surface area contributed by atoms with Gasteiger partial charge < -0.3 is 14.9 Å². The molecule has 5 heteroatoms. The highest BCUT2D eigenvalue weighted by Gasteiger charge is 2.43. The first kappa shape index (κ1) is 23.2. The van der Waals surface area contributed by atoms with Crippen LogP contribution in [0.25, 0.3) is 0 Å². The molecule has 1 aliphatic rings. The summed E-state index contributed by atoms with van der Waals surface area (Å²) in [5.41, 5.74) is 1.85. The third-order valence-corrected chi connectivity index (χ3v) is 6.65. The summed E-state index contributed by atoms with van der Waals surface area (Å²) >= 11 is 6.65. The highest BCUT2D eigenvalue weighted by molar-refractivity contribution is 6.21. The number of hydrogen-bond donors (Lipinski definition) is 2. The molecule has 1 aliphatic carbocycles. The number of benzene rings is 1. The number of halogens is 1. The molecule has 1 saturated carbocycles. The fraction of sp³-hybridized carbons (Fsp3) is 0.696. The van der Waals surface area contributed by atoms with Gasteiger partial charge in [0.25, 0.3) is 0 Å². The zero-order valence-electron chi connectivity index (χ0n) is 17.4. The molecule has 1 aromatic rings. The van der Waals surface area contributed by atoms with Crippen molar-refractivity contribution in [3.8, 4) is 0 Å². The number of methoxy groups -OCH3 is 1. The quantitative estimate of drug-likeness (QED) is 0.337. The molecule has 2 N–H and O–H groups in total. The van der Waals surface area contributed by atoms with Crippen LogP contribution in [0.3, 0.4) is 0 Å². The van der Waals surface area contributed by atoms with Gasteiger partial charge in [0.15, 0.2) is 0 Å². The van der Waals surface area contributed by atoms with Crippen molar-refractivity contribution in [1.29, 1.82) is 0 Å².